The van der Waals surface area contributed by atoms with E-state index in [0.29, 0.717) is 0 Å². The Morgan fingerprint density at radius 2 is 2.00 bits per heavy atom. The zero-order valence-electron chi connectivity index (χ0n) is 10.5. The van der Waals surface area contributed by atoms with Crippen LogP contribution in [0, 0.1) is 6.92 Å². The molecule has 114 valence electrons. The SMILES string of the molecule is Cc1[nH]ncc1S(=O)(=O)Nc1c(Cl)cccc1C(F)(F)F. The van der Waals surface area contributed by atoms with Gasteiger partial charge in [-0.1, -0.05) is 17.7 Å². The standard InChI is InChI=1S/C11H9ClF3N3O2S/c1-6-9(5-16-17-6)21(19,20)18-10-7(11(13,14)15)3-2-4-8(10)12/h2-5,18H,1H3,(H,16,17). The van der Waals surface area contributed by atoms with E-state index in [9.17, 15) is 21.6 Å². The summed E-state index contributed by atoms with van der Waals surface area (Å²) in [5, 5.41) is 5.57. The number of aromatic amines is 1. The van der Waals surface area contributed by atoms with Gasteiger partial charge in [0.1, 0.15) is 4.90 Å². The van der Waals surface area contributed by atoms with Crippen molar-refractivity contribution in [3.8, 4) is 0 Å². The van der Waals surface area contributed by atoms with E-state index in [1.165, 1.54) is 6.92 Å². The van der Waals surface area contributed by atoms with Crippen LogP contribution in [0.25, 0.3) is 0 Å². The topological polar surface area (TPSA) is 74.8 Å². The molecule has 0 bridgehead atoms. The number of para-hydroxylation sites is 1. The fraction of sp³-hybridized carbons (Fsp3) is 0.182. The van der Waals surface area contributed by atoms with Crippen LogP contribution in [0.1, 0.15) is 11.3 Å². The van der Waals surface area contributed by atoms with Crippen LogP contribution in [0.3, 0.4) is 0 Å². The third kappa shape index (κ3) is 3.13. The third-order valence-corrected chi connectivity index (χ3v) is 4.41. The Labute approximate surface area is 123 Å². The van der Waals surface area contributed by atoms with Gasteiger partial charge in [-0.2, -0.15) is 18.3 Å². The van der Waals surface area contributed by atoms with Gasteiger partial charge in [0.25, 0.3) is 10.0 Å². The number of nitrogens with one attached hydrogen (secondary N) is 2. The van der Waals surface area contributed by atoms with Gasteiger partial charge in [0, 0.05) is 0 Å². The molecule has 0 atom stereocenters. The highest BCUT2D eigenvalue weighted by molar-refractivity contribution is 7.92. The summed E-state index contributed by atoms with van der Waals surface area (Å²) in [7, 11) is -4.23. The predicted molar refractivity (Wildman–Crippen MR) is 70.6 cm³/mol. The van der Waals surface area contributed by atoms with Gasteiger partial charge in [-0.3, -0.25) is 9.82 Å². The zero-order chi connectivity index (χ0) is 15.8. The molecule has 0 amide bonds. The maximum absolute atomic E-state index is 12.9. The maximum atomic E-state index is 12.9. The van der Waals surface area contributed by atoms with Crippen LogP contribution in [0.5, 0.6) is 0 Å². The molecule has 21 heavy (non-hydrogen) atoms. The fourth-order valence-corrected chi connectivity index (χ4v) is 3.18. The number of H-pyrrole nitrogens is 1. The van der Waals surface area contributed by atoms with Gasteiger partial charge in [-0.05, 0) is 19.1 Å². The van der Waals surface area contributed by atoms with E-state index in [1.54, 1.807) is 0 Å². The quantitative estimate of drug-likeness (QED) is 0.901. The molecule has 5 nitrogen and oxygen atoms in total. The van der Waals surface area contributed by atoms with Gasteiger partial charge >= 0.3 is 6.18 Å². The number of aryl methyl sites for hydroxylation is 1. The molecule has 1 heterocycles. The van der Waals surface area contributed by atoms with Crippen LogP contribution < -0.4 is 4.72 Å². The Morgan fingerprint density at radius 1 is 1.33 bits per heavy atom. The second kappa shape index (κ2) is 5.23. The first kappa shape index (κ1) is 15.6. The lowest BCUT2D eigenvalue weighted by molar-refractivity contribution is -0.136. The first-order chi connectivity index (χ1) is 9.63. The molecule has 0 aliphatic heterocycles. The number of rotatable bonds is 3. The summed E-state index contributed by atoms with van der Waals surface area (Å²) in [5.74, 6) is 0. The summed E-state index contributed by atoms with van der Waals surface area (Å²) in [6.45, 7) is 1.43. The van der Waals surface area contributed by atoms with Crippen LogP contribution in [0.15, 0.2) is 29.3 Å². The minimum Gasteiger partial charge on any atom is -0.281 e. The summed E-state index contributed by atoms with van der Waals surface area (Å²) < 4.78 is 64.8. The first-order valence-electron chi connectivity index (χ1n) is 5.51. The van der Waals surface area contributed by atoms with Crippen molar-refractivity contribution >= 4 is 27.3 Å². The van der Waals surface area contributed by atoms with E-state index in [4.69, 9.17) is 11.6 Å². The lowest BCUT2D eigenvalue weighted by Gasteiger charge is -2.15. The molecular formula is C11H9ClF3N3O2S. The number of sulfonamides is 1. The average molecular weight is 340 g/mol. The lowest BCUT2D eigenvalue weighted by atomic mass is 10.2. The molecule has 1 aromatic heterocycles. The number of nitrogens with zero attached hydrogens (tertiary/aromatic N) is 1. The number of hydrogen-bond donors (Lipinski definition) is 2. The Balaban J connectivity index is 2.52. The Bertz CT molecular complexity index is 771. The van der Waals surface area contributed by atoms with Crippen LogP contribution in [-0.4, -0.2) is 18.6 Å². The van der Waals surface area contributed by atoms with Gasteiger partial charge in [0.15, 0.2) is 0 Å². The fourth-order valence-electron chi connectivity index (χ4n) is 1.66. The second-order valence-corrected chi connectivity index (χ2v) is 6.18. The Kier molecular flexibility index (Phi) is 3.89. The minimum absolute atomic E-state index is 0.197. The number of anilines is 1. The molecule has 10 heteroatoms. The summed E-state index contributed by atoms with van der Waals surface area (Å²) in [6, 6.07) is 2.99. The first-order valence-corrected chi connectivity index (χ1v) is 7.37. The molecule has 0 unspecified atom stereocenters. The van der Waals surface area contributed by atoms with Gasteiger partial charge < -0.3 is 0 Å². The van der Waals surface area contributed by atoms with Gasteiger partial charge in [0.2, 0.25) is 0 Å². The van der Waals surface area contributed by atoms with Crippen molar-refractivity contribution in [2.24, 2.45) is 0 Å². The highest BCUT2D eigenvalue weighted by Gasteiger charge is 2.35. The molecule has 0 aliphatic carbocycles. The molecule has 0 aliphatic rings. The summed E-state index contributed by atoms with van der Waals surface area (Å²) in [6.07, 6.45) is -3.74. The van der Waals surface area contributed by atoms with E-state index in [-0.39, 0.29) is 15.6 Å². The van der Waals surface area contributed by atoms with Gasteiger partial charge in [-0.15, -0.1) is 0 Å². The van der Waals surface area contributed by atoms with E-state index in [1.807, 2.05) is 4.72 Å². The van der Waals surface area contributed by atoms with E-state index < -0.39 is 27.5 Å². The van der Waals surface area contributed by atoms with Gasteiger partial charge in [-0.25, -0.2) is 8.42 Å². The van der Waals surface area contributed by atoms with Crippen LogP contribution in [-0.2, 0) is 16.2 Å². The van der Waals surface area contributed by atoms with Crippen molar-refractivity contribution in [1.29, 1.82) is 0 Å². The Morgan fingerprint density at radius 3 is 2.52 bits per heavy atom. The molecule has 0 radical (unpaired) electrons. The van der Waals surface area contributed by atoms with Crippen molar-refractivity contribution in [3.05, 3.63) is 40.7 Å². The van der Waals surface area contributed by atoms with Crippen molar-refractivity contribution in [2.75, 3.05) is 4.72 Å². The van der Waals surface area contributed by atoms with Crippen molar-refractivity contribution in [2.45, 2.75) is 18.0 Å². The monoisotopic (exact) mass is 339 g/mol. The van der Waals surface area contributed by atoms with Crippen molar-refractivity contribution < 1.29 is 21.6 Å². The maximum Gasteiger partial charge on any atom is 0.418 e. The molecule has 1 aromatic carbocycles. The summed E-state index contributed by atoms with van der Waals surface area (Å²) in [5.41, 5.74) is -1.69. The number of hydrogen-bond acceptors (Lipinski definition) is 3. The predicted octanol–water partition coefficient (Wildman–Crippen LogP) is 3.19. The number of alkyl halides is 3. The molecule has 2 aromatic rings. The molecule has 0 fully saturated rings. The largest absolute Gasteiger partial charge is 0.418 e. The van der Waals surface area contributed by atoms with Crippen LogP contribution in [0.4, 0.5) is 18.9 Å². The Hall–Kier alpha value is -1.74. The highest BCUT2D eigenvalue weighted by Crippen LogP contribution is 2.39. The molecule has 0 spiro atoms. The molecule has 0 saturated carbocycles. The number of aromatic nitrogens is 2. The normalized spacial score (nSPS) is 12.4. The lowest BCUT2D eigenvalue weighted by Crippen LogP contribution is -2.18. The zero-order valence-corrected chi connectivity index (χ0v) is 12.1. The summed E-state index contributed by atoms with van der Waals surface area (Å²) in [4.78, 5) is -0.254. The number of benzene rings is 1. The van der Waals surface area contributed by atoms with E-state index >= 15 is 0 Å². The molecule has 2 rings (SSSR count). The van der Waals surface area contributed by atoms with Gasteiger partial charge in [0.05, 0.1) is 28.2 Å². The van der Waals surface area contributed by atoms with E-state index in [2.05, 4.69) is 10.2 Å². The smallest absolute Gasteiger partial charge is 0.281 e. The van der Waals surface area contributed by atoms with E-state index in [0.717, 1.165) is 24.4 Å². The van der Waals surface area contributed by atoms with Crippen molar-refractivity contribution in [3.63, 3.8) is 0 Å². The molecular weight excluding hydrogens is 331 g/mol. The minimum atomic E-state index is -4.74. The molecule has 0 saturated heterocycles. The summed E-state index contributed by atoms with van der Waals surface area (Å²) >= 11 is 5.69. The number of halogens is 4. The van der Waals surface area contributed by atoms with Crippen LogP contribution in [0.2, 0.25) is 5.02 Å². The highest BCUT2D eigenvalue weighted by atomic mass is 35.5. The average Bonchev–Trinajstić information content (AvgIpc) is 2.77. The van der Waals surface area contributed by atoms with Crippen LogP contribution >= 0.6 is 11.6 Å². The third-order valence-electron chi connectivity index (χ3n) is 2.63. The second-order valence-electron chi connectivity index (χ2n) is 4.12. The molecule has 2 N–H and O–H groups in total. The van der Waals surface area contributed by atoms with Crippen molar-refractivity contribution in [1.82, 2.24) is 10.2 Å².